The van der Waals surface area contributed by atoms with Gasteiger partial charge in [-0.25, -0.2) is 17.7 Å². The Labute approximate surface area is 235 Å². The quantitative estimate of drug-likeness (QED) is 0.0783. The molecule has 1 unspecified atom stereocenters. The molecule has 0 saturated heterocycles. The molecule has 224 valence electrons. The third-order valence-electron chi connectivity index (χ3n) is 6.61. The first-order valence-electron chi connectivity index (χ1n) is 13.1. The molecule has 6 nitrogen and oxygen atoms in total. The van der Waals surface area contributed by atoms with Gasteiger partial charge in [0.2, 0.25) is 34.8 Å². The highest BCUT2D eigenvalue weighted by Gasteiger charge is 2.39. The summed E-state index contributed by atoms with van der Waals surface area (Å²) >= 11 is 0. The van der Waals surface area contributed by atoms with Crippen LogP contribution in [0, 0.1) is 35.0 Å². The Bertz CT molecular complexity index is 1440. The second-order valence-electron chi connectivity index (χ2n) is 10.6. The number of ether oxygens (including phenoxy) is 1. The van der Waals surface area contributed by atoms with Crippen molar-refractivity contribution in [2.45, 2.75) is 65.8 Å². The van der Waals surface area contributed by atoms with Gasteiger partial charge in [0, 0.05) is 5.39 Å². The van der Waals surface area contributed by atoms with E-state index in [4.69, 9.17) is 13.8 Å². The molecule has 41 heavy (non-hydrogen) atoms. The Kier molecular flexibility index (Phi) is 10.1. The largest absolute Gasteiger partial charge is 0.513 e. The van der Waals surface area contributed by atoms with E-state index in [2.05, 4.69) is 5.09 Å². The van der Waals surface area contributed by atoms with Crippen molar-refractivity contribution in [3.05, 3.63) is 71.0 Å². The molecule has 0 radical (unpaired) electrons. The van der Waals surface area contributed by atoms with Gasteiger partial charge >= 0.3 is 13.7 Å². The third kappa shape index (κ3) is 7.19. The number of carbonyl (C=O) groups is 1. The van der Waals surface area contributed by atoms with Gasteiger partial charge in [-0.1, -0.05) is 77.8 Å². The maximum atomic E-state index is 14.6. The zero-order chi connectivity index (χ0) is 30.7. The fourth-order valence-corrected chi connectivity index (χ4v) is 5.67. The summed E-state index contributed by atoms with van der Waals surface area (Å²) in [4.78, 5) is 12.7. The van der Waals surface area contributed by atoms with Gasteiger partial charge in [-0.05, 0) is 35.3 Å². The Morgan fingerprint density at radius 1 is 0.854 bits per heavy atom. The van der Waals surface area contributed by atoms with Crippen LogP contribution in [0.3, 0.4) is 0 Å². The lowest BCUT2D eigenvalue weighted by atomic mass is 9.83. The van der Waals surface area contributed by atoms with E-state index < -0.39 is 54.6 Å². The van der Waals surface area contributed by atoms with Crippen molar-refractivity contribution in [1.29, 1.82) is 0 Å². The van der Waals surface area contributed by atoms with Crippen LogP contribution in [0.15, 0.2) is 36.4 Å². The van der Waals surface area contributed by atoms with Crippen LogP contribution in [0.4, 0.5) is 22.0 Å². The fourth-order valence-electron chi connectivity index (χ4n) is 4.13. The lowest BCUT2D eigenvalue weighted by molar-refractivity contribution is -0.146. The average Bonchev–Trinajstić information content (AvgIpc) is 2.93. The predicted octanol–water partition coefficient (Wildman–Crippen LogP) is 8.36. The fraction of sp³-hybridized carbons (Fsp3) is 0.414. The second kappa shape index (κ2) is 12.8. The third-order valence-corrected chi connectivity index (χ3v) is 8.18. The molecule has 2 atom stereocenters. The van der Waals surface area contributed by atoms with Crippen molar-refractivity contribution >= 4 is 24.5 Å². The standard InChI is InChI=1S/C29H33F5NO5P/c1-7-17(8-2)15-38-28(36)16(3)35-41(37,40-27-25(33)23(31)22(30)24(32)26(27)34)39-21-14-13-20(29(4,5)6)18-11-9-10-12-19(18)21/h9-14,16-17H,7-8,15H2,1-6H3,(H,35,37)/t16-,41?/m0/s1. The van der Waals surface area contributed by atoms with Crippen molar-refractivity contribution < 1.29 is 45.1 Å². The number of hydrogen-bond donors (Lipinski definition) is 1. The first kappa shape index (κ1) is 32.3. The van der Waals surface area contributed by atoms with Crippen molar-refractivity contribution in [2.75, 3.05) is 6.61 Å². The molecule has 0 amide bonds. The van der Waals surface area contributed by atoms with Crippen molar-refractivity contribution in [3.63, 3.8) is 0 Å². The van der Waals surface area contributed by atoms with Crippen molar-refractivity contribution in [3.8, 4) is 11.5 Å². The number of benzene rings is 3. The van der Waals surface area contributed by atoms with Crippen LogP contribution < -0.4 is 14.1 Å². The van der Waals surface area contributed by atoms with E-state index in [-0.39, 0.29) is 23.7 Å². The van der Waals surface area contributed by atoms with Crippen LogP contribution in [-0.4, -0.2) is 18.6 Å². The molecule has 0 saturated carbocycles. The van der Waals surface area contributed by atoms with Crippen LogP contribution >= 0.6 is 7.75 Å². The normalized spacial score (nSPS) is 14.1. The Balaban J connectivity index is 2.08. The van der Waals surface area contributed by atoms with E-state index in [1.807, 2.05) is 34.6 Å². The summed E-state index contributed by atoms with van der Waals surface area (Å²) in [6.45, 7) is 11.0. The maximum Gasteiger partial charge on any atom is 0.513 e. The molecule has 0 aliphatic rings. The molecule has 0 aliphatic carbocycles. The van der Waals surface area contributed by atoms with Crippen molar-refractivity contribution in [2.24, 2.45) is 5.92 Å². The molecule has 0 aliphatic heterocycles. The monoisotopic (exact) mass is 601 g/mol. The SMILES string of the molecule is CCC(CC)COC(=O)[C@H](C)NP(=O)(Oc1c(F)c(F)c(F)c(F)c1F)Oc1ccc(C(C)(C)C)c2ccccc12. The van der Waals surface area contributed by atoms with Crippen LogP contribution in [0.2, 0.25) is 0 Å². The highest BCUT2D eigenvalue weighted by molar-refractivity contribution is 7.52. The smallest absolute Gasteiger partial charge is 0.464 e. The molecule has 3 aromatic carbocycles. The van der Waals surface area contributed by atoms with Gasteiger partial charge in [-0.3, -0.25) is 4.79 Å². The summed E-state index contributed by atoms with van der Waals surface area (Å²) < 4.78 is 100. The molecule has 0 fully saturated rings. The highest BCUT2D eigenvalue weighted by Crippen LogP contribution is 2.49. The number of fused-ring (bicyclic) bond motifs is 1. The van der Waals surface area contributed by atoms with E-state index in [1.54, 1.807) is 30.3 Å². The number of hydrogen-bond acceptors (Lipinski definition) is 5. The summed E-state index contributed by atoms with van der Waals surface area (Å²) in [6.07, 6.45) is 1.46. The molecular formula is C29H33F5NO5P. The zero-order valence-corrected chi connectivity index (χ0v) is 24.5. The molecule has 0 aromatic heterocycles. The summed E-state index contributed by atoms with van der Waals surface area (Å²) in [5, 5.41) is 3.35. The van der Waals surface area contributed by atoms with Gasteiger partial charge in [0.05, 0.1) is 6.61 Å². The van der Waals surface area contributed by atoms with Crippen molar-refractivity contribution in [1.82, 2.24) is 5.09 Å². The van der Waals surface area contributed by atoms with Gasteiger partial charge in [-0.2, -0.15) is 13.9 Å². The molecule has 0 heterocycles. The average molecular weight is 602 g/mol. The first-order valence-corrected chi connectivity index (χ1v) is 14.6. The molecule has 12 heteroatoms. The van der Waals surface area contributed by atoms with Crippen LogP contribution in [0.25, 0.3) is 10.8 Å². The van der Waals surface area contributed by atoms with E-state index in [0.29, 0.717) is 10.8 Å². The predicted molar refractivity (Wildman–Crippen MR) is 145 cm³/mol. The van der Waals surface area contributed by atoms with Gasteiger partial charge in [-0.15, -0.1) is 0 Å². The minimum absolute atomic E-state index is 0.0560. The van der Waals surface area contributed by atoms with Gasteiger partial charge in [0.1, 0.15) is 11.8 Å². The molecule has 1 N–H and O–H groups in total. The summed E-state index contributed by atoms with van der Waals surface area (Å²) in [5.74, 6) is -14.5. The summed E-state index contributed by atoms with van der Waals surface area (Å²) in [6, 6.07) is 8.55. The van der Waals surface area contributed by atoms with Crippen LogP contribution in [0.5, 0.6) is 11.5 Å². The molecule has 3 rings (SSSR count). The molecule has 3 aromatic rings. The summed E-state index contributed by atoms with van der Waals surface area (Å²) in [7, 11) is -5.09. The lowest BCUT2D eigenvalue weighted by Crippen LogP contribution is -2.36. The second-order valence-corrected chi connectivity index (χ2v) is 12.3. The van der Waals surface area contributed by atoms with E-state index in [9.17, 15) is 31.3 Å². The van der Waals surface area contributed by atoms with E-state index in [1.165, 1.54) is 13.0 Å². The highest BCUT2D eigenvalue weighted by atomic mass is 31.2. The van der Waals surface area contributed by atoms with Crippen LogP contribution in [0.1, 0.15) is 59.9 Å². The van der Waals surface area contributed by atoms with Gasteiger partial charge in [0.15, 0.2) is 0 Å². The Hall–Kier alpha value is -3.17. The Morgan fingerprint density at radius 2 is 1.39 bits per heavy atom. The summed E-state index contributed by atoms with van der Waals surface area (Å²) in [5.41, 5.74) is 0.571. The number of esters is 1. The maximum absolute atomic E-state index is 14.6. The Morgan fingerprint density at radius 3 is 1.93 bits per heavy atom. The van der Waals surface area contributed by atoms with E-state index >= 15 is 0 Å². The minimum Gasteiger partial charge on any atom is -0.464 e. The molecular weight excluding hydrogens is 568 g/mol. The molecule has 0 spiro atoms. The first-order chi connectivity index (χ1) is 19.1. The number of halogens is 5. The topological polar surface area (TPSA) is 73.9 Å². The van der Waals surface area contributed by atoms with Gasteiger partial charge < -0.3 is 13.8 Å². The number of nitrogens with one attached hydrogen (secondary N) is 1. The number of rotatable bonds is 11. The lowest BCUT2D eigenvalue weighted by Gasteiger charge is -2.26. The van der Waals surface area contributed by atoms with Crippen LogP contribution in [-0.2, 0) is 19.5 Å². The van der Waals surface area contributed by atoms with Gasteiger partial charge in [0.25, 0.3) is 0 Å². The molecule has 0 bridgehead atoms. The van der Waals surface area contributed by atoms with E-state index in [0.717, 1.165) is 18.4 Å². The zero-order valence-electron chi connectivity index (χ0n) is 23.6. The number of carbonyl (C=O) groups excluding carboxylic acids is 1. The minimum atomic E-state index is -5.09.